The fraction of sp³-hybridized carbons (Fsp3) is 0.323. The van der Waals surface area contributed by atoms with E-state index in [1.807, 2.05) is 73.1 Å². The van der Waals surface area contributed by atoms with Crippen LogP contribution in [0.2, 0.25) is 0 Å². The van der Waals surface area contributed by atoms with Gasteiger partial charge in [-0.05, 0) is 146 Å². The Kier molecular flexibility index (Phi) is 10.7. The van der Waals surface area contributed by atoms with E-state index in [1.165, 1.54) is 5.56 Å². The number of benzene rings is 6. The van der Waals surface area contributed by atoms with Crippen LogP contribution in [0.4, 0.5) is 0 Å². The van der Waals surface area contributed by atoms with Crippen LogP contribution in [0.5, 0.6) is 5.75 Å². The Balaban J connectivity index is 1.47. The maximum Gasteiger partial charge on any atom is 0.149 e. The summed E-state index contributed by atoms with van der Waals surface area (Å²) in [6, 6.07) is 41.3. The number of aromatic nitrogens is 3. The molecular weight excluding hydrogens is 803 g/mol. The lowest BCUT2D eigenvalue weighted by Crippen LogP contribution is -2.17. The van der Waals surface area contributed by atoms with Crippen LogP contribution in [0.15, 0.2) is 128 Å². The fourth-order valence-electron chi connectivity index (χ4n) is 9.12. The summed E-state index contributed by atoms with van der Waals surface area (Å²) in [4.78, 5) is 10.5. The van der Waals surface area contributed by atoms with Gasteiger partial charge in [0.2, 0.25) is 0 Å². The van der Waals surface area contributed by atoms with Gasteiger partial charge in [0.1, 0.15) is 11.6 Å². The number of hydrogen-bond acceptors (Lipinski definition) is 3. The first-order valence-electron chi connectivity index (χ1n) is 25.4. The number of hydrogen-bond donors (Lipinski definition) is 1. The van der Waals surface area contributed by atoms with E-state index in [2.05, 4.69) is 150 Å². The first-order chi connectivity index (χ1) is 32.5. The molecule has 338 valence electrons. The van der Waals surface area contributed by atoms with Crippen LogP contribution in [0, 0.1) is 13.8 Å². The highest BCUT2D eigenvalue weighted by Gasteiger charge is 2.29. The van der Waals surface area contributed by atoms with Crippen molar-refractivity contribution in [1.29, 1.82) is 0 Å². The van der Waals surface area contributed by atoms with E-state index in [9.17, 15) is 10.6 Å². The number of nitrogens with zero attached hydrogens (tertiary/aromatic N) is 3. The lowest BCUT2D eigenvalue weighted by atomic mass is 9.79. The molecule has 0 unspecified atom stereocenters. The van der Waals surface area contributed by atoms with Crippen LogP contribution in [-0.4, -0.2) is 19.6 Å². The molecule has 6 aromatic carbocycles. The Labute approximate surface area is 400 Å². The molecule has 0 saturated heterocycles. The van der Waals surface area contributed by atoms with Crippen molar-refractivity contribution in [2.24, 2.45) is 0 Å². The van der Waals surface area contributed by atoms with Crippen molar-refractivity contribution >= 4 is 11.0 Å². The van der Waals surface area contributed by atoms with E-state index in [-0.39, 0.29) is 28.1 Å². The molecule has 0 aliphatic rings. The van der Waals surface area contributed by atoms with Gasteiger partial charge in [-0.2, -0.15) is 0 Å². The van der Waals surface area contributed by atoms with Crippen LogP contribution in [-0.2, 0) is 16.2 Å². The van der Waals surface area contributed by atoms with Crippen molar-refractivity contribution in [1.82, 2.24) is 14.5 Å². The van der Waals surface area contributed by atoms with E-state index in [4.69, 9.17) is 9.97 Å². The molecule has 1 N–H and O–H groups in total. The molecule has 2 heterocycles. The number of phenolic OH excluding ortho intramolecular Hbond substituents is 1. The molecule has 2 aromatic heterocycles. The summed E-state index contributed by atoms with van der Waals surface area (Å²) in [7, 11) is 0. The number of aromatic hydroxyl groups is 1. The molecule has 0 radical (unpaired) electrons. The third-order valence-electron chi connectivity index (χ3n) is 13.0. The van der Waals surface area contributed by atoms with Gasteiger partial charge in [-0.25, -0.2) is 4.98 Å². The highest BCUT2D eigenvalue weighted by molar-refractivity contribution is 5.97. The summed E-state index contributed by atoms with van der Waals surface area (Å²) >= 11 is 0. The molecule has 8 rings (SSSR count). The maximum absolute atomic E-state index is 12.6. The number of imidazole rings is 1. The predicted octanol–water partition coefficient (Wildman–Crippen LogP) is 17.2. The molecule has 0 atom stereocenters. The zero-order valence-corrected chi connectivity index (χ0v) is 41.5. The molecule has 4 nitrogen and oxygen atoms in total. The average molecular weight is 876 g/mol. The molecule has 8 aromatic rings. The Morgan fingerprint density at radius 2 is 1.26 bits per heavy atom. The minimum atomic E-state index is -2.57. The number of phenols is 1. The number of aryl methyl sites for hydroxylation is 2. The lowest BCUT2D eigenvalue weighted by Gasteiger charge is -2.27. The second kappa shape index (κ2) is 17.2. The zero-order valence-electron chi connectivity index (χ0n) is 45.5. The van der Waals surface area contributed by atoms with Crippen LogP contribution in [0.25, 0.3) is 72.7 Å². The van der Waals surface area contributed by atoms with E-state index < -0.39 is 18.2 Å². The minimum Gasteiger partial charge on any atom is -0.507 e. The van der Waals surface area contributed by atoms with Crippen LogP contribution in [0.3, 0.4) is 0 Å². The lowest BCUT2D eigenvalue weighted by molar-refractivity contribution is 0.446. The third-order valence-corrected chi connectivity index (χ3v) is 13.0. The highest BCUT2D eigenvalue weighted by Crippen LogP contribution is 2.46. The molecule has 0 bridgehead atoms. The Hall–Kier alpha value is -6.26. The van der Waals surface area contributed by atoms with Gasteiger partial charge in [-0.3, -0.25) is 9.55 Å². The van der Waals surface area contributed by atoms with Gasteiger partial charge in [0, 0.05) is 28.4 Å². The molecule has 0 spiro atoms. The molecule has 0 saturated carbocycles. The first-order valence-corrected chi connectivity index (χ1v) is 23.4. The summed E-state index contributed by atoms with van der Waals surface area (Å²) < 4.78 is 38.7. The Bertz CT molecular complexity index is 3270. The van der Waals surface area contributed by atoms with Gasteiger partial charge in [-0.1, -0.05) is 168 Å². The van der Waals surface area contributed by atoms with Crippen molar-refractivity contribution in [3.63, 3.8) is 0 Å². The number of rotatable bonds is 8. The second-order valence-electron chi connectivity index (χ2n) is 21.9. The standard InChI is InChI=1S/C62H69N3O/c1-37(2)48-18-16-19-49(38(3)4)56(48)43-26-27-54(40(6)30-43)65-55-21-17-20-50(57(55)64-59(65)51-35-47(61(10,11)12)36-52(58(51)66)62(13,14)15)44-31-45(33-46(32-44)60(7,8)9)53-34-42(28-29-63-53)41-24-22-39(5)23-25-41/h16-38,66H,1-15H3/i6D3,37D. The van der Waals surface area contributed by atoms with Gasteiger partial charge >= 0.3 is 0 Å². The normalized spacial score (nSPS) is 13.7. The van der Waals surface area contributed by atoms with E-state index in [0.717, 1.165) is 72.5 Å². The number of pyridine rings is 1. The molecule has 0 amide bonds. The summed E-state index contributed by atoms with van der Waals surface area (Å²) in [5.41, 5.74) is 14.9. The van der Waals surface area contributed by atoms with Crippen molar-refractivity contribution in [3.8, 4) is 67.5 Å². The largest absolute Gasteiger partial charge is 0.507 e. The molecule has 4 heteroatoms. The molecule has 0 aliphatic carbocycles. The van der Waals surface area contributed by atoms with Gasteiger partial charge in [0.15, 0.2) is 0 Å². The predicted molar refractivity (Wildman–Crippen MR) is 281 cm³/mol. The van der Waals surface area contributed by atoms with Crippen molar-refractivity contribution < 1.29 is 10.6 Å². The second-order valence-corrected chi connectivity index (χ2v) is 21.9. The quantitative estimate of drug-likeness (QED) is 0.165. The molecule has 0 fully saturated rings. The van der Waals surface area contributed by atoms with E-state index in [0.29, 0.717) is 28.1 Å². The summed E-state index contributed by atoms with van der Waals surface area (Å²) in [6.45, 7) is 26.9. The highest BCUT2D eigenvalue weighted by atomic mass is 16.3. The Morgan fingerprint density at radius 1 is 0.606 bits per heavy atom. The molecular formula is C62H69N3O. The van der Waals surface area contributed by atoms with E-state index >= 15 is 0 Å². The minimum absolute atomic E-state index is 0.107. The van der Waals surface area contributed by atoms with Crippen molar-refractivity contribution in [2.75, 3.05) is 0 Å². The first kappa shape index (κ1) is 41.2. The zero-order chi connectivity index (χ0) is 51.0. The smallest absolute Gasteiger partial charge is 0.149 e. The van der Waals surface area contributed by atoms with Gasteiger partial charge < -0.3 is 5.11 Å². The summed E-state index contributed by atoms with van der Waals surface area (Å²) in [6.07, 6.45) is 1.87. The maximum atomic E-state index is 12.6. The topological polar surface area (TPSA) is 50.9 Å². The van der Waals surface area contributed by atoms with Gasteiger partial charge in [0.25, 0.3) is 0 Å². The molecule has 0 aliphatic heterocycles. The monoisotopic (exact) mass is 876 g/mol. The van der Waals surface area contributed by atoms with Crippen LogP contribution >= 0.6 is 0 Å². The van der Waals surface area contributed by atoms with Gasteiger partial charge in [0.05, 0.1) is 28.0 Å². The SMILES string of the molecule is [2H]C([2H])([2H])c1cc(-c2c(C(C)C)cccc2C([2H])(C)C)ccc1-n1c(-c2cc(C(C)(C)C)cc(C(C)(C)C)c2O)nc2c(-c3cc(-c4cc(-c5ccc(C)cc5)ccn4)cc(C(C)(C)C)c3)cccc21. The third kappa shape index (κ3) is 8.87. The summed E-state index contributed by atoms with van der Waals surface area (Å²) in [5, 5.41) is 12.6. The number of para-hydroxylation sites is 1. The average Bonchev–Trinajstić information content (AvgIpc) is 3.66. The van der Waals surface area contributed by atoms with Crippen molar-refractivity contribution in [3.05, 3.63) is 166 Å². The van der Waals surface area contributed by atoms with E-state index in [1.54, 1.807) is 6.07 Å². The van der Waals surface area contributed by atoms with Gasteiger partial charge in [-0.15, -0.1) is 0 Å². The fourth-order valence-corrected chi connectivity index (χ4v) is 9.12. The van der Waals surface area contributed by atoms with Crippen molar-refractivity contribution in [2.45, 2.75) is 132 Å². The van der Waals surface area contributed by atoms with Crippen LogP contribution < -0.4 is 0 Å². The summed E-state index contributed by atoms with van der Waals surface area (Å²) in [5.74, 6) is -0.287. The van der Waals surface area contributed by atoms with Crippen LogP contribution in [0.1, 0.15) is 146 Å². The molecule has 66 heavy (non-hydrogen) atoms. The number of fused-ring (bicyclic) bond motifs is 1. The Morgan fingerprint density at radius 3 is 1.91 bits per heavy atom.